The van der Waals surface area contributed by atoms with Crippen molar-refractivity contribution in [2.24, 2.45) is 0 Å². The van der Waals surface area contributed by atoms with Gasteiger partial charge in [-0.25, -0.2) is 8.78 Å². The van der Waals surface area contributed by atoms with Crippen molar-refractivity contribution in [1.29, 1.82) is 0 Å². The summed E-state index contributed by atoms with van der Waals surface area (Å²) in [5.74, 6) is -4.15. The van der Waals surface area contributed by atoms with Crippen LogP contribution in [0.2, 0.25) is 5.02 Å². The zero-order valence-corrected chi connectivity index (χ0v) is 21.7. The second kappa shape index (κ2) is 10.7. The number of hydrogen-bond acceptors (Lipinski definition) is 6. The number of ether oxygens (including phenoxy) is 3. The Morgan fingerprint density at radius 1 is 1.00 bits per heavy atom. The molecule has 3 aromatic carbocycles. The van der Waals surface area contributed by atoms with Gasteiger partial charge in [0, 0.05) is 11.8 Å². The zero-order valence-electron chi connectivity index (χ0n) is 21.0. The third-order valence-electron chi connectivity index (χ3n) is 6.08. The number of aryl methyl sites for hydroxylation is 1. The van der Waals surface area contributed by atoms with Crippen molar-refractivity contribution >= 4 is 34.7 Å². The molecule has 4 rings (SSSR count). The van der Waals surface area contributed by atoms with Gasteiger partial charge in [-0.1, -0.05) is 17.7 Å². The number of ketones is 1. The van der Waals surface area contributed by atoms with E-state index in [9.17, 15) is 23.5 Å². The lowest BCUT2D eigenvalue weighted by atomic mass is 9.94. The molecule has 1 atom stereocenters. The maximum Gasteiger partial charge on any atom is 0.300 e. The Bertz CT molecular complexity index is 1470. The van der Waals surface area contributed by atoms with Crippen LogP contribution in [-0.2, 0) is 9.59 Å². The number of carbonyl (C=O) groups excluding carboxylic acids is 2. The van der Waals surface area contributed by atoms with E-state index in [0.29, 0.717) is 29.2 Å². The van der Waals surface area contributed by atoms with E-state index in [1.807, 2.05) is 0 Å². The predicted molar refractivity (Wildman–Crippen MR) is 138 cm³/mol. The van der Waals surface area contributed by atoms with E-state index in [4.69, 9.17) is 25.8 Å². The Labute approximate surface area is 222 Å². The fourth-order valence-electron chi connectivity index (χ4n) is 4.44. The molecule has 1 aliphatic heterocycles. The van der Waals surface area contributed by atoms with E-state index in [0.717, 1.165) is 17.0 Å². The zero-order chi connectivity index (χ0) is 27.7. The number of nitrogens with zero attached hydrogens (tertiary/aromatic N) is 1. The van der Waals surface area contributed by atoms with Gasteiger partial charge in [-0.2, -0.15) is 0 Å². The molecule has 1 heterocycles. The summed E-state index contributed by atoms with van der Waals surface area (Å²) in [6.45, 7) is 3.80. The highest BCUT2D eigenvalue weighted by molar-refractivity contribution is 6.51. The second-order valence-electron chi connectivity index (χ2n) is 8.44. The van der Waals surface area contributed by atoms with Gasteiger partial charge in [-0.05, 0) is 61.4 Å². The normalized spacial score (nSPS) is 16.6. The smallest absolute Gasteiger partial charge is 0.300 e. The lowest BCUT2D eigenvalue weighted by Gasteiger charge is -2.26. The molecule has 0 aliphatic carbocycles. The van der Waals surface area contributed by atoms with Crippen LogP contribution in [0.3, 0.4) is 0 Å². The number of aliphatic hydroxyl groups excluding tert-OH is 1. The number of aliphatic hydroxyl groups is 1. The Balaban J connectivity index is 2.04. The van der Waals surface area contributed by atoms with Crippen LogP contribution in [0.4, 0.5) is 14.5 Å². The summed E-state index contributed by atoms with van der Waals surface area (Å²) in [5, 5.41) is 11.7. The molecule has 1 saturated heterocycles. The Hall–Kier alpha value is -4.11. The van der Waals surface area contributed by atoms with Gasteiger partial charge in [0.05, 0.1) is 43.0 Å². The average Bonchev–Trinajstić information content (AvgIpc) is 3.15. The Kier molecular flexibility index (Phi) is 7.59. The quantitative estimate of drug-likeness (QED) is 0.224. The average molecular weight is 544 g/mol. The number of amides is 1. The number of benzene rings is 3. The van der Waals surface area contributed by atoms with Gasteiger partial charge in [0.2, 0.25) is 0 Å². The van der Waals surface area contributed by atoms with Crippen molar-refractivity contribution in [2.75, 3.05) is 25.7 Å². The second-order valence-corrected chi connectivity index (χ2v) is 8.85. The summed E-state index contributed by atoms with van der Waals surface area (Å²) in [5.41, 5.74) is 0.707. The predicted octanol–water partition coefficient (Wildman–Crippen LogP) is 5.97. The van der Waals surface area contributed by atoms with E-state index in [1.54, 1.807) is 44.2 Å². The van der Waals surface area contributed by atoms with Crippen LogP contribution in [0.25, 0.3) is 5.76 Å². The Morgan fingerprint density at radius 2 is 1.74 bits per heavy atom. The summed E-state index contributed by atoms with van der Waals surface area (Å²) in [7, 11) is 2.81. The minimum Gasteiger partial charge on any atom is -0.507 e. The number of methoxy groups -OCH3 is 2. The molecule has 10 heteroatoms. The Morgan fingerprint density at radius 3 is 2.37 bits per heavy atom. The third kappa shape index (κ3) is 4.65. The maximum absolute atomic E-state index is 14.2. The van der Waals surface area contributed by atoms with Crippen LogP contribution in [0.5, 0.6) is 17.2 Å². The molecule has 0 bridgehead atoms. The number of carbonyl (C=O) groups is 2. The van der Waals surface area contributed by atoms with Gasteiger partial charge >= 0.3 is 0 Å². The van der Waals surface area contributed by atoms with Crippen molar-refractivity contribution in [2.45, 2.75) is 19.9 Å². The first-order valence-corrected chi connectivity index (χ1v) is 11.9. The van der Waals surface area contributed by atoms with Crippen LogP contribution in [-0.4, -0.2) is 37.6 Å². The van der Waals surface area contributed by atoms with Crippen molar-refractivity contribution in [1.82, 2.24) is 0 Å². The lowest BCUT2D eigenvalue weighted by molar-refractivity contribution is -0.132. The van der Waals surface area contributed by atoms with Crippen LogP contribution in [0.1, 0.15) is 29.7 Å². The fourth-order valence-corrected chi connectivity index (χ4v) is 4.79. The van der Waals surface area contributed by atoms with E-state index < -0.39 is 35.1 Å². The molecule has 1 N–H and O–H groups in total. The summed E-state index contributed by atoms with van der Waals surface area (Å²) in [4.78, 5) is 27.8. The van der Waals surface area contributed by atoms with Crippen molar-refractivity contribution < 1.29 is 37.7 Å². The van der Waals surface area contributed by atoms with Gasteiger partial charge in [0.15, 0.2) is 23.1 Å². The highest BCUT2D eigenvalue weighted by Gasteiger charge is 2.47. The third-order valence-corrected chi connectivity index (χ3v) is 6.36. The molecule has 3 aromatic rings. The SMILES string of the molecule is CCOc1cc(C2/C(=C(\O)c3cc(C)cc(Cl)c3OC)C(=O)C(=O)N2c2ccc(F)c(F)c2)ccc1OC. The van der Waals surface area contributed by atoms with E-state index >= 15 is 0 Å². The molecule has 0 aromatic heterocycles. The van der Waals surface area contributed by atoms with Gasteiger partial charge in [-0.15, -0.1) is 0 Å². The number of hydrogen-bond donors (Lipinski definition) is 1. The summed E-state index contributed by atoms with van der Waals surface area (Å²) >= 11 is 6.32. The molecule has 0 saturated carbocycles. The molecule has 1 aliphatic rings. The lowest BCUT2D eigenvalue weighted by Crippen LogP contribution is -2.29. The van der Waals surface area contributed by atoms with Crippen molar-refractivity contribution in [3.05, 3.63) is 87.5 Å². The molecular formula is C28H24ClF2NO6. The van der Waals surface area contributed by atoms with Crippen LogP contribution >= 0.6 is 11.6 Å². The maximum atomic E-state index is 14.2. The molecule has 1 unspecified atom stereocenters. The number of halogens is 3. The fraction of sp³-hybridized carbons (Fsp3) is 0.214. The number of rotatable bonds is 7. The molecule has 0 radical (unpaired) electrons. The minimum absolute atomic E-state index is 0.0851. The summed E-state index contributed by atoms with van der Waals surface area (Å²) < 4.78 is 44.3. The van der Waals surface area contributed by atoms with E-state index in [1.165, 1.54) is 20.3 Å². The highest BCUT2D eigenvalue weighted by Crippen LogP contribution is 2.46. The highest BCUT2D eigenvalue weighted by atomic mass is 35.5. The van der Waals surface area contributed by atoms with Gasteiger partial charge in [-0.3, -0.25) is 14.5 Å². The monoisotopic (exact) mass is 543 g/mol. The number of Topliss-reactive ketones (excluding diaryl/α,β-unsaturated/α-hetero) is 1. The van der Waals surface area contributed by atoms with E-state index in [2.05, 4.69) is 0 Å². The number of anilines is 1. The summed E-state index contributed by atoms with van der Waals surface area (Å²) in [6, 6.07) is 9.48. The van der Waals surface area contributed by atoms with Crippen molar-refractivity contribution in [3.63, 3.8) is 0 Å². The molecule has 38 heavy (non-hydrogen) atoms. The van der Waals surface area contributed by atoms with Gasteiger partial charge < -0.3 is 19.3 Å². The van der Waals surface area contributed by atoms with Crippen molar-refractivity contribution in [3.8, 4) is 17.2 Å². The first-order chi connectivity index (χ1) is 18.1. The van der Waals surface area contributed by atoms with Crippen LogP contribution in [0, 0.1) is 18.6 Å². The van der Waals surface area contributed by atoms with Gasteiger partial charge in [0.1, 0.15) is 11.5 Å². The molecule has 7 nitrogen and oxygen atoms in total. The van der Waals surface area contributed by atoms with E-state index in [-0.39, 0.29) is 27.6 Å². The standard InChI is InChI=1S/C28H24ClF2NO6/c1-5-38-22-12-15(6-9-21(22)36-3)24-23(25(33)17-10-14(2)11-18(29)27(17)37-4)26(34)28(35)32(24)16-7-8-19(30)20(31)13-16/h6-13,24,33H,5H2,1-4H3/b25-23+. The summed E-state index contributed by atoms with van der Waals surface area (Å²) in [6.07, 6.45) is 0. The molecule has 0 spiro atoms. The van der Waals surface area contributed by atoms with Crippen LogP contribution < -0.4 is 19.1 Å². The molecule has 1 fully saturated rings. The first-order valence-electron chi connectivity index (χ1n) is 11.5. The van der Waals surface area contributed by atoms with Gasteiger partial charge in [0.25, 0.3) is 11.7 Å². The molecule has 1 amide bonds. The largest absolute Gasteiger partial charge is 0.507 e. The molecule has 198 valence electrons. The minimum atomic E-state index is -1.24. The first kappa shape index (κ1) is 26.9. The van der Waals surface area contributed by atoms with Crippen LogP contribution in [0.15, 0.2) is 54.1 Å². The topological polar surface area (TPSA) is 85.3 Å². The molecular weight excluding hydrogens is 520 g/mol.